The van der Waals surface area contributed by atoms with Crippen LogP contribution in [0.4, 0.5) is 10.5 Å². The molecule has 0 bridgehead atoms. The number of carbonyl (C=O) groups excluding carboxylic acids is 1. The van der Waals surface area contributed by atoms with Crippen molar-refractivity contribution in [3.63, 3.8) is 0 Å². The molecule has 5 nitrogen and oxygen atoms in total. The molecule has 3 N–H and O–H groups in total. The average molecular weight is 295 g/mol. The predicted octanol–water partition coefficient (Wildman–Crippen LogP) is 2.63. The molecule has 1 rings (SSSR count). The van der Waals surface area contributed by atoms with Crippen molar-refractivity contribution in [2.75, 3.05) is 12.4 Å². The molecule has 20 heavy (non-hydrogen) atoms. The van der Waals surface area contributed by atoms with E-state index in [0.717, 1.165) is 11.3 Å². The van der Waals surface area contributed by atoms with Crippen LogP contribution in [0.1, 0.15) is 26.3 Å². The number of rotatable bonds is 3. The molecular formula is C14H21N3O2S. The van der Waals surface area contributed by atoms with Gasteiger partial charge >= 0.3 is 6.09 Å². The van der Waals surface area contributed by atoms with Gasteiger partial charge in [0.05, 0.1) is 0 Å². The molecule has 0 aliphatic heterocycles. The Hall–Kier alpha value is -1.82. The van der Waals surface area contributed by atoms with Gasteiger partial charge in [-0.25, -0.2) is 4.79 Å². The van der Waals surface area contributed by atoms with E-state index in [1.165, 1.54) is 0 Å². The van der Waals surface area contributed by atoms with Gasteiger partial charge in [-0.15, -0.1) is 0 Å². The van der Waals surface area contributed by atoms with E-state index in [2.05, 4.69) is 16.0 Å². The zero-order valence-corrected chi connectivity index (χ0v) is 13.1. The summed E-state index contributed by atoms with van der Waals surface area (Å²) in [5.41, 5.74) is 1.39. The number of hydrogen-bond acceptors (Lipinski definition) is 3. The van der Waals surface area contributed by atoms with Crippen molar-refractivity contribution < 1.29 is 9.53 Å². The molecule has 0 aliphatic rings. The van der Waals surface area contributed by atoms with Crippen LogP contribution < -0.4 is 16.0 Å². The molecule has 110 valence electrons. The molecule has 6 heteroatoms. The minimum atomic E-state index is -0.485. The van der Waals surface area contributed by atoms with Gasteiger partial charge in [0.15, 0.2) is 5.11 Å². The third-order valence-electron chi connectivity index (χ3n) is 2.27. The molecule has 0 aliphatic carbocycles. The number of benzene rings is 1. The van der Waals surface area contributed by atoms with Gasteiger partial charge in [0.25, 0.3) is 0 Å². The number of hydrogen-bond donors (Lipinski definition) is 3. The van der Waals surface area contributed by atoms with Crippen LogP contribution in [0.3, 0.4) is 0 Å². The molecular weight excluding hydrogens is 274 g/mol. The molecule has 0 heterocycles. The number of alkyl carbamates (subject to hydrolysis) is 1. The SMILES string of the molecule is CNC(=S)Nc1ccc(CNC(=O)OC(C)(C)C)cc1. The van der Waals surface area contributed by atoms with Crippen LogP contribution in [-0.2, 0) is 11.3 Å². The lowest BCUT2D eigenvalue weighted by atomic mass is 10.2. The Balaban J connectivity index is 2.46. The van der Waals surface area contributed by atoms with Crippen molar-refractivity contribution in [2.45, 2.75) is 32.9 Å². The summed E-state index contributed by atoms with van der Waals surface area (Å²) in [5, 5.41) is 9.13. The summed E-state index contributed by atoms with van der Waals surface area (Å²) < 4.78 is 5.16. The first-order valence-electron chi connectivity index (χ1n) is 6.34. The van der Waals surface area contributed by atoms with Crippen LogP contribution in [0.5, 0.6) is 0 Å². The topological polar surface area (TPSA) is 62.4 Å². The fourth-order valence-corrected chi connectivity index (χ4v) is 1.51. The highest BCUT2D eigenvalue weighted by Crippen LogP contribution is 2.10. The van der Waals surface area contributed by atoms with Crippen molar-refractivity contribution in [1.82, 2.24) is 10.6 Å². The van der Waals surface area contributed by atoms with Crippen molar-refractivity contribution >= 4 is 29.1 Å². The minimum absolute atomic E-state index is 0.420. The average Bonchev–Trinajstić information content (AvgIpc) is 2.36. The van der Waals surface area contributed by atoms with Crippen molar-refractivity contribution in [3.05, 3.63) is 29.8 Å². The van der Waals surface area contributed by atoms with Gasteiger partial charge in [0, 0.05) is 19.3 Å². The number of nitrogens with one attached hydrogen (secondary N) is 3. The highest BCUT2D eigenvalue weighted by Gasteiger charge is 2.15. The maximum absolute atomic E-state index is 11.5. The Morgan fingerprint density at radius 1 is 1.25 bits per heavy atom. The summed E-state index contributed by atoms with van der Waals surface area (Å²) in [6.45, 7) is 5.92. The molecule has 0 saturated heterocycles. The summed E-state index contributed by atoms with van der Waals surface area (Å²) in [6, 6.07) is 7.63. The second-order valence-corrected chi connectivity index (χ2v) is 5.66. The zero-order chi connectivity index (χ0) is 15.2. The third kappa shape index (κ3) is 6.38. The molecule has 0 spiro atoms. The zero-order valence-electron chi connectivity index (χ0n) is 12.2. The Kier molecular flexibility index (Phi) is 5.76. The fraction of sp³-hybridized carbons (Fsp3) is 0.429. The molecule has 1 amide bonds. The van der Waals surface area contributed by atoms with E-state index in [9.17, 15) is 4.79 Å². The summed E-state index contributed by atoms with van der Waals surface area (Å²) in [6.07, 6.45) is -0.420. The maximum Gasteiger partial charge on any atom is 0.407 e. The number of ether oxygens (including phenoxy) is 1. The molecule has 0 unspecified atom stereocenters. The highest BCUT2D eigenvalue weighted by atomic mass is 32.1. The lowest BCUT2D eigenvalue weighted by Crippen LogP contribution is -2.32. The summed E-state index contributed by atoms with van der Waals surface area (Å²) in [5.74, 6) is 0. The number of carbonyl (C=O) groups is 1. The Labute approximate surface area is 125 Å². The lowest BCUT2D eigenvalue weighted by Gasteiger charge is -2.19. The normalized spacial score (nSPS) is 10.6. The largest absolute Gasteiger partial charge is 0.444 e. The van der Waals surface area contributed by atoms with E-state index in [0.29, 0.717) is 11.7 Å². The van der Waals surface area contributed by atoms with Crippen molar-refractivity contribution in [2.24, 2.45) is 0 Å². The molecule has 0 saturated carbocycles. The van der Waals surface area contributed by atoms with Gasteiger partial charge in [-0.1, -0.05) is 12.1 Å². The van der Waals surface area contributed by atoms with Crippen LogP contribution in [0.25, 0.3) is 0 Å². The Morgan fingerprint density at radius 2 is 1.85 bits per heavy atom. The highest BCUT2D eigenvalue weighted by molar-refractivity contribution is 7.80. The minimum Gasteiger partial charge on any atom is -0.444 e. The van der Waals surface area contributed by atoms with Gasteiger partial charge in [-0.05, 0) is 50.7 Å². The van der Waals surface area contributed by atoms with Crippen LogP contribution >= 0.6 is 12.2 Å². The van der Waals surface area contributed by atoms with Crippen LogP contribution in [0, 0.1) is 0 Å². The molecule has 0 fully saturated rings. The first-order chi connectivity index (χ1) is 9.30. The van der Waals surface area contributed by atoms with Gasteiger partial charge in [-0.2, -0.15) is 0 Å². The fourth-order valence-electron chi connectivity index (χ4n) is 1.39. The van der Waals surface area contributed by atoms with E-state index in [4.69, 9.17) is 17.0 Å². The number of amides is 1. The molecule has 0 aromatic heterocycles. The van der Waals surface area contributed by atoms with E-state index in [1.54, 1.807) is 7.05 Å². The van der Waals surface area contributed by atoms with E-state index >= 15 is 0 Å². The van der Waals surface area contributed by atoms with Gasteiger partial charge < -0.3 is 20.7 Å². The second-order valence-electron chi connectivity index (χ2n) is 5.26. The maximum atomic E-state index is 11.5. The first kappa shape index (κ1) is 16.2. The van der Waals surface area contributed by atoms with Gasteiger partial charge in [0.2, 0.25) is 0 Å². The predicted molar refractivity (Wildman–Crippen MR) is 84.8 cm³/mol. The quantitative estimate of drug-likeness (QED) is 0.748. The van der Waals surface area contributed by atoms with Gasteiger partial charge in [0.1, 0.15) is 5.60 Å². The van der Waals surface area contributed by atoms with Crippen LogP contribution in [0.15, 0.2) is 24.3 Å². The number of thiocarbonyl (C=S) groups is 1. The monoisotopic (exact) mass is 295 g/mol. The first-order valence-corrected chi connectivity index (χ1v) is 6.75. The number of anilines is 1. The lowest BCUT2D eigenvalue weighted by molar-refractivity contribution is 0.0523. The van der Waals surface area contributed by atoms with Crippen LogP contribution in [0.2, 0.25) is 0 Å². The van der Waals surface area contributed by atoms with E-state index in [1.807, 2.05) is 45.0 Å². The standard InChI is InChI=1S/C14H21N3O2S/c1-14(2,3)19-13(18)16-9-10-5-7-11(8-6-10)17-12(20)15-4/h5-8H,9H2,1-4H3,(H,16,18)(H2,15,17,20). The third-order valence-corrected chi connectivity index (χ3v) is 2.58. The Morgan fingerprint density at radius 3 is 2.35 bits per heavy atom. The van der Waals surface area contributed by atoms with Crippen molar-refractivity contribution in [3.8, 4) is 0 Å². The summed E-state index contributed by atoms with van der Waals surface area (Å²) >= 11 is 5.01. The molecule has 1 aromatic rings. The molecule has 1 aromatic carbocycles. The van der Waals surface area contributed by atoms with E-state index in [-0.39, 0.29) is 0 Å². The summed E-state index contributed by atoms with van der Waals surface area (Å²) in [4.78, 5) is 11.5. The Bertz CT molecular complexity index is 466. The van der Waals surface area contributed by atoms with Crippen LogP contribution in [-0.4, -0.2) is 23.9 Å². The molecule has 0 atom stereocenters. The van der Waals surface area contributed by atoms with Gasteiger partial charge in [-0.3, -0.25) is 0 Å². The molecule has 0 radical (unpaired) electrons. The van der Waals surface area contributed by atoms with E-state index < -0.39 is 11.7 Å². The second kappa shape index (κ2) is 7.09. The van der Waals surface area contributed by atoms with Crippen molar-refractivity contribution in [1.29, 1.82) is 0 Å². The smallest absolute Gasteiger partial charge is 0.407 e. The summed E-state index contributed by atoms with van der Waals surface area (Å²) in [7, 11) is 1.76.